The Bertz CT molecular complexity index is 575. The van der Waals surface area contributed by atoms with Crippen molar-refractivity contribution in [2.75, 3.05) is 5.32 Å². The highest BCUT2D eigenvalue weighted by Crippen LogP contribution is 2.39. The molecular formula is C12H10N2O3. The number of allylic oxidation sites excluding steroid dienone is 1. The minimum absolute atomic E-state index is 0.235. The first-order chi connectivity index (χ1) is 8.16. The Balaban J connectivity index is 2.20. The third kappa shape index (κ3) is 1.40. The number of nitrogens with two attached hydrogens (primary N) is 1. The van der Waals surface area contributed by atoms with E-state index < -0.39 is 12.2 Å². The molecule has 5 nitrogen and oxygen atoms in total. The number of nitrogens with one attached hydrogen (secondary N) is 1. The lowest BCUT2D eigenvalue weighted by Crippen LogP contribution is -2.16. The fourth-order valence-corrected chi connectivity index (χ4v) is 2.07. The van der Waals surface area contributed by atoms with Crippen LogP contribution in [0.5, 0.6) is 0 Å². The van der Waals surface area contributed by atoms with Crippen molar-refractivity contribution in [2.24, 2.45) is 5.73 Å². The van der Waals surface area contributed by atoms with Gasteiger partial charge in [-0.3, -0.25) is 5.73 Å². The molecular weight excluding hydrogens is 220 g/mol. The normalized spacial score (nSPS) is 20.4. The number of para-hydroxylation sites is 1. The van der Waals surface area contributed by atoms with Gasteiger partial charge in [-0.05, 0) is 12.1 Å². The number of carbonyl (C=O) groups is 1. The molecule has 1 aromatic carbocycles. The van der Waals surface area contributed by atoms with E-state index in [9.17, 15) is 4.79 Å². The van der Waals surface area contributed by atoms with Crippen molar-refractivity contribution in [1.82, 2.24) is 0 Å². The lowest BCUT2D eigenvalue weighted by molar-refractivity contribution is 0.0698. The summed E-state index contributed by atoms with van der Waals surface area (Å²) in [5.41, 5.74) is 8.12. The van der Waals surface area contributed by atoms with E-state index in [0.717, 1.165) is 11.1 Å². The van der Waals surface area contributed by atoms with Gasteiger partial charge in [0.25, 0.3) is 0 Å². The Labute approximate surface area is 97.2 Å². The molecule has 0 fully saturated rings. The number of fused-ring (bicyclic) bond motifs is 3. The molecule has 0 aliphatic carbocycles. The average molecular weight is 230 g/mol. The second-order valence-electron chi connectivity index (χ2n) is 3.85. The summed E-state index contributed by atoms with van der Waals surface area (Å²) in [6, 6.07) is 5.11. The molecule has 5 heteroatoms. The molecule has 1 aromatic rings. The van der Waals surface area contributed by atoms with Crippen LogP contribution >= 0.6 is 0 Å². The molecule has 1 atom stereocenters. The molecule has 17 heavy (non-hydrogen) atoms. The molecule has 2 aliphatic rings. The number of ether oxygens (including phenoxy) is 1. The van der Waals surface area contributed by atoms with Crippen LogP contribution in [0.15, 0.2) is 36.2 Å². The minimum Gasteiger partial charge on any atom is -0.478 e. The Morgan fingerprint density at radius 1 is 1.47 bits per heavy atom. The number of carboxylic acids is 1. The monoisotopic (exact) mass is 230 g/mol. The fourth-order valence-electron chi connectivity index (χ4n) is 2.07. The van der Waals surface area contributed by atoms with Crippen molar-refractivity contribution in [1.29, 1.82) is 0 Å². The van der Waals surface area contributed by atoms with Gasteiger partial charge in [-0.25, -0.2) is 4.79 Å². The Kier molecular flexibility index (Phi) is 1.96. The number of benzene rings is 1. The van der Waals surface area contributed by atoms with Gasteiger partial charge in [0.05, 0.1) is 11.3 Å². The van der Waals surface area contributed by atoms with Gasteiger partial charge in [0.15, 0.2) is 6.23 Å². The molecule has 86 valence electrons. The molecule has 0 aromatic heterocycles. The fraction of sp³-hybridized carbons (Fsp3) is 0.0833. The van der Waals surface area contributed by atoms with E-state index in [1.54, 1.807) is 24.4 Å². The topological polar surface area (TPSA) is 84.6 Å². The largest absolute Gasteiger partial charge is 0.478 e. The summed E-state index contributed by atoms with van der Waals surface area (Å²) in [6.07, 6.45) is 2.93. The lowest BCUT2D eigenvalue weighted by atomic mass is 9.97. The highest BCUT2D eigenvalue weighted by molar-refractivity contribution is 6.01. The smallest absolute Gasteiger partial charge is 0.337 e. The van der Waals surface area contributed by atoms with Gasteiger partial charge >= 0.3 is 5.97 Å². The maximum absolute atomic E-state index is 11.1. The van der Waals surface area contributed by atoms with E-state index in [4.69, 9.17) is 15.6 Å². The van der Waals surface area contributed by atoms with Crippen LogP contribution in [0.1, 0.15) is 15.9 Å². The van der Waals surface area contributed by atoms with Crippen LogP contribution in [0.25, 0.3) is 5.57 Å². The number of hydrogen-bond donors (Lipinski definition) is 3. The van der Waals surface area contributed by atoms with Gasteiger partial charge < -0.3 is 15.2 Å². The number of anilines is 1. The highest BCUT2D eigenvalue weighted by atomic mass is 16.5. The molecule has 0 saturated heterocycles. The molecule has 4 N–H and O–H groups in total. The first-order valence-corrected chi connectivity index (χ1v) is 5.14. The molecule has 0 saturated carbocycles. The van der Waals surface area contributed by atoms with E-state index in [-0.39, 0.29) is 5.56 Å². The average Bonchev–Trinajstić information content (AvgIpc) is 2.68. The van der Waals surface area contributed by atoms with Gasteiger partial charge in [-0.1, -0.05) is 12.1 Å². The molecule has 2 aliphatic heterocycles. The maximum Gasteiger partial charge on any atom is 0.337 e. The summed E-state index contributed by atoms with van der Waals surface area (Å²) in [5.74, 6) is -0.317. The van der Waals surface area contributed by atoms with Crippen LogP contribution in [0.4, 0.5) is 5.69 Å². The van der Waals surface area contributed by atoms with E-state index in [0.29, 0.717) is 11.4 Å². The lowest BCUT2D eigenvalue weighted by Gasteiger charge is -2.19. The van der Waals surface area contributed by atoms with Gasteiger partial charge in [0.2, 0.25) is 0 Å². The van der Waals surface area contributed by atoms with E-state index in [2.05, 4.69) is 5.32 Å². The van der Waals surface area contributed by atoms with Gasteiger partial charge in [0.1, 0.15) is 5.76 Å². The molecule has 0 radical (unpaired) electrons. The Hall–Kier alpha value is -2.27. The van der Waals surface area contributed by atoms with Crippen LogP contribution in [-0.2, 0) is 4.74 Å². The van der Waals surface area contributed by atoms with Crippen molar-refractivity contribution >= 4 is 17.2 Å². The molecule has 3 rings (SSSR count). The summed E-state index contributed by atoms with van der Waals surface area (Å²) < 4.78 is 5.36. The molecule has 1 unspecified atom stereocenters. The SMILES string of the molecule is NC1C=C2C(=CNc3c(C(=O)O)cccc32)O1. The third-order valence-corrected chi connectivity index (χ3v) is 2.79. The number of rotatable bonds is 1. The summed E-state index contributed by atoms with van der Waals surface area (Å²) in [5, 5.41) is 12.0. The Morgan fingerprint density at radius 3 is 3.06 bits per heavy atom. The minimum atomic E-state index is -0.963. The zero-order valence-electron chi connectivity index (χ0n) is 8.81. The van der Waals surface area contributed by atoms with Crippen molar-refractivity contribution in [3.63, 3.8) is 0 Å². The molecule has 0 bridgehead atoms. The molecule has 0 amide bonds. The second-order valence-corrected chi connectivity index (χ2v) is 3.85. The van der Waals surface area contributed by atoms with Crippen molar-refractivity contribution in [2.45, 2.75) is 6.23 Å². The van der Waals surface area contributed by atoms with Crippen LogP contribution in [0.3, 0.4) is 0 Å². The summed E-state index contributed by atoms with van der Waals surface area (Å²) >= 11 is 0. The first kappa shape index (κ1) is 9.92. The zero-order valence-corrected chi connectivity index (χ0v) is 8.81. The third-order valence-electron chi connectivity index (χ3n) is 2.79. The van der Waals surface area contributed by atoms with Crippen LogP contribution in [0.2, 0.25) is 0 Å². The predicted molar refractivity (Wildman–Crippen MR) is 62.1 cm³/mol. The zero-order chi connectivity index (χ0) is 12.0. The van der Waals surface area contributed by atoms with E-state index in [1.807, 2.05) is 6.07 Å². The van der Waals surface area contributed by atoms with Crippen LogP contribution < -0.4 is 11.1 Å². The van der Waals surface area contributed by atoms with Crippen LogP contribution in [-0.4, -0.2) is 17.3 Å². The standard InChI is InChI=1S/C12H10N2O3/c13-10-4-8-6-2-1-3-7(12(15)16)11(6)14-5-9(8)17-10/h1-5,10,14H,13H2,(H,15,16). The summed E-state index contributed by atoms with van der Waals surface area (Å²) in [6.45, 7) is 0. The van der Waals surface area contributed by atoms with E-state index >= 15 is 0 Å². The van der Waals surface area contributed by atoms with E-state index in [1.165, 1.54) is 0 Å². The van der Waals surface area contributed by atoms with Gasteiger partial charge in [-0.15, -0.1) is 0 Å². The molecule has 2 heterocycles. The van der Waals surface area contributed by atoms with Gasteiger partial charge in [-0.2, -0.15) is 0 Å². The van der Waals surface area contributed by atoms with Crippen molar-refractivity contribution in [3.05, 3.63) is 47.4 Å². The first-order valence-electron chi connectivity index (χ1n) is 5.14. The van der Waals surface area contributed by atoms with Gasteiger partial charge in [0, 0.05) is 17.3 Å². The second kappa shape index (κ2) is 3.36. The van der Waals surface area contributed by atoms with Crippen molar-refractivity contribution in [3.8, 4) is 0 Å². The van der Waals surface area contributed by atoms with Crippen molar-refractivity contribution < 1.29 is 14.6 Å². The summed E-state index contributed by atoms with van der Waals surface area (Å²) in [7, 11) is 0. The highest BCUT2D eigenvalue weighted by Gasteiger charge is 2.27. The summed E-state index contributed by atoms with van der Waals surface area (Å²) in [4.78, 5) is 11.1. The maximum atomic E-state index is 11.1. The van der Waals surface area contributed by atoms with Crippen LogP contribution in [0, 0.1) is 0 Å². The number of hydrogen-bond acceptors (Lipinski definition) is 4. The quantitative estimate of drug-likeness (QED) is 0.678. The molecule has 0 spiro atoms. The number of carboxylic acid groups (broad SMARTS) is 1. The predicted octanol–water partition coefficient (Wildman–Crippen LogP) is 1.35. The Morgan fingerprint density at radius 2 is 2.29 bits per heavy atom. The number of aromatic carboxylic acids is 1.